The number of halogens is 2. The number of hydrogen-bond donors (Lipinski definition) is 6. The Bertz CT molecular complexity index is 1740. The van der Waals surface area contributed by atoms with Gasteiger partial charge in [0.15, 0.2) is 17.4 Å². The van der Waals surface area contributed by atoms with E-state index in [2.05, 4.69) is 16.0 Å². The lowest BCUT2D eigenvalue weighted by Crippen LogP contribution is -2.45. The van der Waals surface area contributed by atoms with Gasteiger partial charge in [0.1, 0.15) is 34.3 Å². The van der Waals surface area contributed by atoms with Crippen LogP contribution in [0.2, 0.25) is 0 Å². The lowest BCUT2D eigenvalue weighted by molar-refractivity contribution is 0.0485. The number of carbonyl (C=O) groups is 3. The van der Waals surface area contributed by atoms with Crippen molar-refractivity contribution in [2.45, 2.75) is 97.1 Å². The highest BCUT2D eigenvalue weighted by atomic mass is 19.1. The molecule has 0 saturated heterocycles. The van der Waals surface area contributed by atoms with Crippen LogP contribution in [0.3, 0.4) is 0 Å². The fourth-order valence-corrected chi connectivity index (χ4v) is 5.25. The maximum absolute atomic E-state index is 15.2. The predicted octanol–water partition coefficient (Wildman–Crippen LogP) is 7.44. The van der Waals surface area contributed by atoms with Crippen LogP contribution in [0.25, 0.3) is 0 Å². The largest absolute Gasteiger partial charge is 0.457 e. The molecule has 52 heavy (non-hydrogen) atoms. The number of amidine groups is 1. The molecular formula is C37H45F2N5O8. The van der Waals surface area contributed by atoms with Gasteiger partial charge in [0, 0.05) is 35.8 Å². The van der Waals surface area contributed by atoms with E-state index in [1.54, 1.807) is 47.0 Å². The zero-order chi connectivity index (χ0) is 38.2. The first kappa shape index (κ1) is 39.3. The monoisotopic (exact) mass is 725 g/mol. The zero-order valence-electron chi connectivity index (χ0n) is 29.9. The van der Waals surface area contributed by atoms with Crippen LogP contribution in [0.4, 0.5) is 18.4 Å². The van der Waals surface area contributed by atoms with Gasteiger partial charge in [-0.25, -0.2) is 18.4 Å². The third-order valence-electron chi connectivity index (χ3n) is 7.53. The van der Waals surface area contributed by atoms with E-state index in [4.69, 9.17) is 29.6 Å². The molecule has 1 fully saturated rings. The van der Waals surface area contributed by atoms with Crippen LogP contribution >= 0.6 is 0 Å². The Labute approximate surface area is 300 Å². The Kier molecular flexibility index (Phi) is 12.7. The Balaban J connectivity index is 1.51. The number of amides is 3. The third kappa shape index (κ3) is 12.1. The first-order valence-corrected chi connectivity index (χ1v) is 16.7. The fourth-order valence-electron chi connectivity index (χ4n) is 5.25. The molecule has 0 radical (unpaired) electrons. The number of carbonyl (C=O) groups excluding carboxylic acids is 3. The van der Waals surface area contributed by atoms with Gasteiger partial charge in [-0.15, -0.1) is 0 Å². The SMILES string of the molecule is CC(C)(C)OC(=O)NCc1cc(F)c(Oc2cc(Oc3ccc(C(=N)NO)cc3)cc(C(=O)NC3CCC(NC(=O)OC(C)(C)C)CC3)c2)c(F)c1. The normalized spacial score (nSPS) is 15.9. The van der Waals surface area contributed by atoms with Gasteiger partial charge in [0.25, 0.3) is 5.91 Å². The summed E-state index contributed by atoms with van der Waals surface area (Å²) in [6, 6.07) is 11.9. The smallest absolute Gasteiger partial charge is 0.407 e. The number of benzene rings is 3. The second-order valence-electron chi connectivity index (χ2n) is 14.3. The summed E-state index contributed by atoms with van der Waals surface area (Å²) in [4.78, 5) is 37.7. The van der Waals surface area contributed by atoms with Gasteiger partial charge in [-0.2, -0.15) is 0 Å². The molecule has 3 aromatic carbocycles. The average Bonchev–Trinajstić information content (AvgIpc) is 3.04. The highest BCUT2D eigenvalue weighted by molar-refractivity contribution is 5.96. The summed E-state index contributed by atoms with van der Waals surface area (Å²) < 4.78 is 52.6. The Hall–Kier alpha value is -5.44. The van der Waals surface area contributed by atoms with E-state index in [0.717, 1.165) is 12.1 Å². The summed E-state index contributed by atoms with van der Waals surface area (Å²) in [6.45, 7) is 10.2. The number of ether oxygens (including phenoxy) is 4. The molecule has 15 heteroatoms. The summed E-state index contributed by atoms with van der Waals surface area (Å²) in [6.07, 6.45) is 1.15. The molecule has 280 valence electrons. The van der Waals surface area contributed by atoms with Gasteiger partial charge in [0.05, 0.1) is 0 Å². The minimum absolute atomic E-state index is 0.0865. The second kappa shape index (κ2) is 16.7. The van der Waals surface area contributed by atoms with Crippen LogP contribution in [0, 0.1) is 17.0 Å². The van der Waals surface area contributed by atoms with E-state index in [9.17, 15) is 14.4 Å². The molecular weight excluding hydrogens is 680 g/mol. The minimum atomic E-state index is -1.05. The first-order chi connectivity index (χ1) is 24.4. The van der Waals surface area contributed by atoms with Gasteiger partial charge < -0.3 is 34.9 Å². The number of hydrogen-bond acceptors (Lipinski definition) is 9. The Morgan fingerprint density at radius 2 is 1.25 bits per heavy atom. The number of alkyl carbamates (subject to hydrolysis) is 2. The van der Waals surface area contributed by atoms with Crippen LogP contribution < -0.4 is 30.9 Å². The first-order valence-electron chi connectivity index (χ1n) is 16.7. The second-order valence-corrected chi connectivity index (χ2v) is 14.3. The molecule has 0 spiro atoms. The third-order valence-corrected chi connectivity index (χ3v) is 7.53. The van der Waals surface area contributed by atoms with E-state index in [-0.39, 0.29) is 47.1 Å². The van der Waals surface area contributed by atoms with E-state index < -0.39 is 46.7 Å². The predicted molar refractivity (Wildman–Crippen MR) is 187 cm³/mol. The maximum atomic E-state index is 15.2. The number of nitrogens with one attached hydrogen (secondary N) is 5. The summed E-state index contributed by atoms with van der Waals surface area (Å²) in [5, 5.41) is 25.0. The zero-order valence-corrected chi connectivity index (χ0v) is 29.9. The van der Waals surface area contributed by atoms with Gasteiger partial charge in [0.2, 0.25) is 0 Å². The molecule has 4 rings (SSSR count). The van der Waals surface area contributed by atoms with Crippen LogP contribution in [-0.2, 0) is 16.0 Å². The van der Waals surface area contributed by atoms with Crippen molar-refractivity contribution in [3.8, 4) is 23.0 Å². The lowest BCUT2D eigenvalue weighted by atomic mass is 9.91. The number of rotatable bonds is 10. The summed E-state index contributed by atoms with van der Waals surface area (Å²) in [7, 11) is 0. The fraction of sp³-hybridized carbons (Fsp3) is 0.405. The maximum Gasteiger partial charge on any atom is 0.407 e. The Morgan fingerprint density at radius 1 is 0.731 bits per heavy atom. The molecule has 1 aliphatic rings. The van der Waals surface area contributed by atoms with Crippen molar-refractivity contribution >= 4 is 23.9 Å². The van der Waals surface area contributed by atoms with Crippen molar-refractivity contribution in [1.29, 1.82) is 5.41 Å². The molecule has 1 aliphatic carbocycles. The van der Waals surface area contributed by atoms with E-state index in [1.807, 2.05) is 0 Å². The van der Waals surface area contributed by atoms with E-state index in [1.165, 1.54) is 42.5 Å². The molecule has 6 N–H and O–H groups in total. The van der Waals surface area contributed by atoms with Gasteiger partial charge in [-0.1, -0.05) is 0 Å². The molecule has 13 nitrogen and oxygen atoms in total. The van der Waals surface area contributed by atoms with E-state index in [0.29, 0.717) is 37.0 Å². The van der Waals surface area contributed by atoms with Gasteiger partial charge >= 0.3 is 12.2 Å². The van der Waals surface area contributed by atoms with Crippen LogP contribution in [0.1, 0.15) is 88.7 Å². The van der Waals surface area contributed by atoms with Crippen molar-refractivity contribution in [1.82, 2.24) is 21.4 Å². The van der Waals surface area contributed by atoms with Crippen molar-refractivity contribution in [2.75, 3.05) is 0 Å². The van der Waals surface area contributed by atoms with Crippen molar-refractivity contribution < 1.29 is 47.3 Å². The Morgan fingerprint density at radius 3 is 1.79 bits per heavy atom. The van der Waals surface area contributed by atoms with Crippen molar-refractivity contribution in [2.24, 2.45) is 0 Å². The highest BCUT2D eigenvalue weighted by Crippen LogP contribution is 2.34. The van der Waals surface area contributed by atoms with Crippen LogP contribution in [0.15, 0.2) is 54.6 Å². The molecule has 1 saturated carbocycles. The lowest BCUT2D eigenvalue weighted by Gasteiger charge is -2.30. The van der Waals surface area contributed by atoms with Gasteiger partial charge in [-0.3, -0.25) is 20.9 Å². The molecule has 3 aromatic rings. The van der Waals surface area contributed by atoms with Crippen molar-refractivity contribution in [3.63, 3.8) is 0 Å². The number of hydroxylamine groups is 1. The topological polar surface area (TPSA) is 180 Å². The summed E-state index contributed by atoms with van der Waals surface area (Å²) in [5.74, 6) is -3.25. The van der Waals surface area contributed by atoms with Gasteiger partial charge in [-0.05, 0) is 121 Å². The molecule has 0 aromatic heterocycles. The quantitative estimate of drug-likeness (QED) is 0.0703. The van der Waals surface area contributed by atoms with E-state index >= 15 is 8.78 Å². The van der Waals surface area contributed by atoms with Crippen LogP contribution in [-0.4, -0.2) is 52.4 Å². The van der Waals surface area contributed by atoms with Crippen molar-refractivity contribution in [3.05, 3.63) is 82.9 Å². The highest BCUT2D eigenvalue weighted by Gasteiger charge is 2.26. The van der Waals surface area contributed by atoms with Crippen LogP contribution in [0.5, 0.6) is 23.0 Å². The molecule has 0 atom stereocenters. The standard InChI is InChI=1S/C37H45F2N5O8/c1-36(2,3)51-34(46)41-20-21-15-29(38)31(30(39)16-21)50-28-18-23(17-27(19-28)49-26-13-7-22(8-14-26)32(40)44-48)33(45)42-24-9-11-25(12-10-24)43-35(47)52-37(4,5)6/h7-8,13-19,24-25,48H,9-12,20H2,1-6H3,(H2,40,44)(H,41,46)(H,42,45)(H,43,47). The molecule has 0 aliphatic heterocycles. The summed E-state index contributed by atoms with van der Waals surface area (Å²) >= 11 is 0. The molecule has 3 amide bonds. The minimum Gasteiger partial charge on any atom is -0.457 e. The molecule has 0 heterocycles. The molecule has 0 bridgehead atoms. The molecule has 0 unspecified atom stereocenters. The average molecular weight is 726 g/mol. The summed E-state index contributed by atoms with van der Waals surface area (Å²) in [5.41, 5.74) is 0.963.